The molecule has 174 valence electrons. The van der Waals surface area contributed by atoms with Gasteiger partial charge in [0.05, 0.1) is 7.11 Å². The van der Waals surface area contributed by atoms with Gasteiger partial charge in [-0.1, -0.05) is 20.4 Å². The molecule has 0 saturated carbocycles. The molecular weight excluding hydrogens is 441 g/mol. The third kappa shape index (κ3) is 4.60. The molecule has 2 atom stereocenters. The zero-order chi connectivity index (χ0) is 23.9. The quantitative estimate of drug-likeness (QED) is 0.594. The third-order valence-electron chi connectivity index (χ3n) is 6.26. The fraction of sp³-hybridized carbons (Fsp3) is 0.385. The van der Waals surface area contributed by atoms with Gasteiger partial charge in [-0.25, -0.2) is 4.39 Å². The van der Waals surface area contributed by atoms with Crippen molar-refractivity contribution in [3.05, 3.63) is 75.0 Å². The van der Waals surface area contributed by atoms with Gasteiger partial charge >= 0.3 is 5.97 Å². The maximum absolute atomic E-state index is 13.3. The van der Waals surface area contributed by atoms with Crippen molar-refractivity contribution in [1.29, 1.82) is 0 Å². The predicted octanol–water partition coefficient (Wildman–Crippen LogP) is 5.41. The normalized spacial score (nSPS) is 22.0. The van der Waals surface area contributed by atoms with Crippen molar-refractivity contribution < 1.29 is 23.5 Å². The van der Waals surface area contributed by atoms with Gasteiger partial charge in [-0.3, -0.25) is 9.59 Å². The fourth-order valence-corrected chi connectivity index (χ4v) is 5.88. The second-order valence-corrected chi connectivity index (χ2v) is 10.7. The number of esters is 1. The van der Waals surface area contributed by atoms with Crippen LogP contribution in [0.25, 0.3) is 0 Å². The molecule has 0 bridgehead atoms. The van der Waals surface area contributed by atoms with E-state index in [2.05, 4.69) is 25.7 Å². The first-order chi connectivity index (χ1) is 15.6. The Balaban J connectivity index is 1.71. The van der Waals surface area contributed by atoms with Crippen molar-refractivity contribution in [1.82, 2.24) is 5.32 Å². The van der Waals surface area contributed by atoms with Crippen LogP contribution in [0.1, 0.15) is 47.9 Å². The lowest BCUT2D eigenvalue weighted by Crippen LogP contribution is -2.43. The molecule has 7 heteroatoms. The Morgan fingerprint density at radius 2 is 1.97 bits per heavy atom. The van der Waals surface area contributed by atoms with Gasteiger partial charge < -0.3 is 14.8 Å². The molecule has 1 N–H and O–H groups in total. The molecule has 4 rings (SSSR count). The molecule has 2 heterocycles. The summed E-state index contributed by atoms with van der Waals surface area (Å²) in [6, 6.07) is 7.88. The summed E-state index contributed by atoms with van der Waals surface area (Å²) in [5.41, 5.74) is 2.85. The number of ether oxygens (including phenoxy) is 2. The minimum Gasteiger partial charge on any atom is -0.489 e. The van der Waals surface area contributed by atoms with Crippen LogP contribution in [-0.2, 0) is 20.9 Å². The van der Waals surface area contributed by atoms with Crippen molar-refractivity contribution in [2.75, 3.05) is 7.11 Å². The number of carbonyl (C=O) groups excluding carboxylic acids is 2. The number of hydrogen-bond donors (Lipinski definition) is 1. The van der Waals surface area contributed by atoms with Crippen molar-refractivity contribution >= 4 is 23.1 Å². The highest BCUT2D eigenvalue weighted by Gasteiger charge is 2.47. The summed E-state index contributed by atoms with van der Waals surface area (Å²) in [5.74, 6) is -1.26. The Bertz CT molecular complexity index is 1150. The van der Waals surface area contributed by atoms with E-state index in [4.69, 9.17) is 9.47 Å². The highest BCUT2D eigenvalue weighted by Crippen LogP contribution is 2.49. The van der Waals surface area contributed by atoms with E-state index < -0.39 is 17.8 Å². The van der Waals surface area contributed by atoms with E-state index in [9.17, 15) is 14.0 Å². The number of thiophene rings is 1. The van der Waals surface area contributed by atoms with Crippen LogP contribution in [0.4, 0.5) is 4.39 Å². The van der Waals surface area contributed by atoms with E-state index in [1.165, 1.54) is 19.2 Å². The van der Waals surface area contributed by atoms with E-state index in [1.54, 1.807) is 23.5 Å². The lowest BCUT2D eigenvalue weighted by molar-refractivity contribution is -0.144. The van der Waals surface area contributed by atoms with Gasteiger partial charge in [0.15, 0.2) is 5.78 Å². The lowest BCUT2D eigenvalue weighted by atomic mass is 9.68. The molecule has 33 heavy (non-hydrogen) atoms. The van der Waals surface area contributed by atoms with Crippen molar-refractivity contribution in [3.63, 3.8) is 0 Å². The first-order valence-corrected chi connectivity index (χ1v) is 11.7. The summed E-state index contributed by atoms with van der Waals surface area (Å²) in [6.07, 6.45) is 1.14. The standard InChI is InChI=1S/C26H28FNO4S/c1-14-22(25(30)31-5)24(23-19(28-14)11-26(3,4)12-20(23)29)21-10-16(15(2)33-21)13-32-18-8-6-17(27)7-9-18/h6-10,22,24,28H,1,11-13H2,2-5H3. The highest BCUT2D eigenvalue weighted by atomic mass is 32.1. The molecule has 2 unspecified atom stereocenters. The summed E-state index contributed by atoms with van der Waals surface area (Å²) < 4.78 is 24.1. The highest BCUT2D eigenvalue weighted by molar-refractivity contribution is 7.12. The Morgan fingerprint density at radius 1 is 1.27 bits per heavy atom. The average molecular weight is 470 g/mol. The summed E-state index contributed by atoms with van der Waals surface area (Å²) in [5, 5.41) is 3.25. The number of ketones is 1. The van der Waals surface area contributed by atoms with Crippen LogP contribution >= 0.6 is 11.3 Å². The molecule has 5 nitrogen and oxygen atoms in total. The third-order valence-corrected chi connectivity index (χ3v) is 7.44. The van der Waals surface area contributed by atoms with Crippen molar-refractivity contribution in [2.24, 2.45) is 11.3 Å². The zero-order valence-electron chi connectivity index (χ0n) is 19.3. The predicted molar refractivity (Wildman–Crippen MR) is 125 cm³/mol. The van der Waals surface area contributed by atoms with Crippen LogP contribution in [0.15, 0.2) is 53.9 Å². The fourth-order valence-electron chi connectivity index (χ4n) is 4.69. The van der Waals surface area contributed by atoms with Gasteiger partial charge in [0.1, 0.15) is 24.1 Å². The Kier molecular flexibility index (Phi) is 6.18. The van der Waals surface area contributed by atoms with E-state index in [1.807, 2.05) is 13.0 Å². The number of hydrogen-bond acceptors (Lipinski definition) is 6. The Morgan fingerprint density at radius 3 is 2.64 bits per heavy atom. The monoisotopic (exact) mass is 469 g/mol. The van der Waals surface area contributed by atoms with E-state index in [0.29, 0.717) is 36.5 Å². The minimum atomic E-state index is -0.692. The van der Waals surface area contributed by atoms with Gasteiger partial charge in [0, 0.05) is 44.6 Å². The molecule has 0 spiro atoms. The molecule has 2 aliphatic rings. The maximum atomic E-state index is 13.3. The number of halogens is 1. The number of methoxy groups -OCH3 is 1. The topological polar surface area (TPSA) is 64.6 Å². The van der Waals surface area contributed by atoms with Gasteiger partial charge in [-0.2, -0.15) is 0 Å². The van der Waals surface area contributed by atoms with Crippen molar-refractivity contribution in [2.45, 2.75) is 46.1 Å². The molecule has 0 radical (unpaired) electrons. The largest absolute Gasteiger partial charge is 0.489 e. The van der Waals surface area contributed by atoms with Crippen LogP contribution in [0, 0.1) is 24.1 Å². The summed E-state index contributed by atoms with van der Waals surface area (Å²) in [6.45, 7) is 10.5. The Hall–Kier alpha value is -2.93. The maximum Gasteiger partial charge on any atom is 0.315 e. The number of Topliss-reactive ketones (excluding diaryl/α,β-unsaturated/α-hetero) is 1. The average Bonchev–Trinajstić information content (AvgIpc) is 3.11. The summed E-state index contributed by atoms with van der Waals surface area (Å²) >= 11 is 1.55. The number of nitrogens with one attached hydrogen (secondary N) is 1. The number of benzene rings is 1. The lowest BCUT2D eigenvalue weighted by Gasteiger charge is -2.41. The molecule has 0 saturated heterocycles. The van der Waals surface area contributed by atoms with Gasteiger partial charge in [0.2, 0.25) is 0 Å². The molecule has 0 fully saturated rings. The molecule has 1 aromatic heterocycles. The minimum absolute atomic E-state index is 0.0512. The molecule has 2 aromatic rings. The van der Waals surface area contributed by atoms with Gasteiger partial charge in [0.25, 0.3) is 0 Å². The second-order valence-electron chi connectivity index (χ2n) is 9.43. The molecular formula is C26H28FNO4S. The number of allylic oxidation sites excluding steroid dienone is 2. The van der Waals surface area contributed by atoms with E-state index in [0.717, 1.165) is 21.0 Å². The smallest absolute Gasteiger partial charge is 0.315 e. The summed E-state index contributed by atoms with van der Waals surface area (Å²) in [4.78, 5) is 28.0. The molecule has 1 aliphatic carbocycles. The summed E-state index contributed by atoms with van der Waals surface area (Å²) in [7, 11) is 1.35. The number of carbonyl (C=O) groups is 2. The van der Waals surface area contributed by atoms with Crippen LogP contribution in [0.5, 0.6) is 5.75 Å². The van der Waals surface area contributed by atoms with Gasteiger partial charge in [-0.05, 0) is 49.1 Å². The first kappa shape index (κ1) is 23.2. The SMILES string of the molecule is C=C1NC2=C(C(=O)CC(C)(C)C2)C(c2cc(COc3ccc(F)cc3)c(C)s2)C1C(=O)OC. The number of rotatable bonds is 5. The van der Waals surface area contributed by atoms with Gasteiger partial charge in [-0.15, -0.1) is 11.3 Å². The Labute approximate surface area is 197 Å². The van der Waals surface area contributed by atoms with Crippen LogP contribution in [-0.4, -0.2) is 18.9 Å². The molecule has 0 amide bonds. The second kappa shape index (κ2) is 8.78. The van der Waals surface area contributed by atoms with Crippen LogP contribution in [0.3, 0.4) is 0 Å². The van der Waals surface area contributed by atoms with Crippen molar-refractivity contribution in [3.8, 4) is 5.75 Å². The van der Waals surface area contributed by atoms with E-state index in [-0.39, 0.29) is 17.0 Å². The van der Waals surface area contributed by atoms with E-state index >= 15 is 0 Å². The molecule has 1 aromatic carbocycles. The number of aryl methyl sites for hydroxylation is 1. The molecule has 1 aliphatic heterocycles. The first-order valence-electron chi connectivity index (χ1n) is 10.9. The zero-order valence-corrected chi connectivity index (χ0v) is 20.1. The van der Waals surface area contributed by atoms with Crippen LogP contribution in [0.2, 0.25) is 0 Å². The van der Waals surface area contributed by atoms with Crippen LogP contribution < -0.4 is 10.1 Å².